The highest BCUT2D eigenvalue weighted by Gasteiger charge is 2.30. The lowest BCUT2D eigenvalue weighted by atomic mass is 9.90. The van der Waals surface area contributed by atoms with Gasteiger partial charge in [-0.1, -0.05) is 23.7 Å². The molecule has 1 aliphatic heterocycles. The molecule has 1 heterocycles. The summed E-state index contributed by atoms with van der Waals surface area (Å²) in [6, 6.07) is 13.5. The van der Waals surface area contributed by atoms with Gasteiger partial charge >= 0.3 is 5.97 Å². The lowest BCUT2D eigenvalue weighted by Gasteiger charge is -2.31. The van der Waals surface area contributed by atoms with Gasteiger partial charge in [-0.15, -0.1) is 0 Å². The molecule has 144 valence electrons. The first kappa shape index (κ1) is 19.7. The Morgan fingerprint density at radius 3 is 2.44 bits per heavy atom. The molecule has 3 rings (SSSR count). The Morgan fingerprint density at radius 1 is 1.15 bits per heavy atom. The molecule has 0 unspecified atom stereocenters. The van der Waals surface area contributed by atoms with Gasteiger partial charge in [-0.2, -0.15) is 4.31 Å². The number of aliphatic carboxylic acids is 1. The van der Waals surface area contributed by atoms with E-state index in [2.05, 4.69) is 0 Å². The first-order chi connectivity index (χ1) is 12.9. The molecule has 0 aliphatic carbocycles. The predicted molar refractivity (Wildman–Crippen MR) is 102 cm³/mol. The van der Waals surface area contributed by atoms with Crippen LogP contribution in [0.25, 0.3) is 0 Å². The van der Waals surface area contributed by atoms with Gasteiger partial charge in [0.25, 0.3) is 0 Å². The summed E-state index contributed by atoms with van der Waals surface area (Å²) < 4.78 is 32.2. The zero-order valence-corrected chi connectivity index (χ0v) is 16.1. The largest absolute Gasteiger partial charge is 0.482 e. The molecule has 8 heteroatoms. The normalized spacial score (nSPS) is 16.2. The third kappa shape index (κ3) is 4.80. The Kier molecular flexibility index (Phi) is 6.04. The van der Waals surface area contributed by atoms with E-state index in [1.54, 1.807) is 18.2 Å². The lowest BCUT2D eigenvalue weighted by molar-refractivity contribution is -0.139. The van der Waals surface area contributed by atoms with Crippen molar-refractivity contribution < 1.29 is 23.1 Å². The molecular formula is C19H20ClNO5S. The first-order valence-electron chi connectivity index (χ1n) is 8.56. The summed E-state index contributed by atoms with van der Waals surface area (Å²) in [6.07, 6.45) is 1.38. The minimum Gasteiger partial charge on any atom is -0.482 e. The fourth-order valence-corrected chi connectivity index (χ4v) is 4.78. The monoisotopic (exact) mass is 409 g/mol. The smallest absolute Gasteiger partial charge is 0.341 e. The maximum absolute atomic E-state index is 12.8. The van der Waals surface area contributed by atoms with E-state index >= 15 is 0 Å². The van der Waals surface area contributed by atoms with Gasteiger partial charge in [0.05, 0.1) is 4.90 Å². The van der Waals surface area contributed by atoms with Crippen LogP contribution in [0.3, 0.4) is 0 Å². The van der Waals surface area contributed by atoms with E-state index < -0.39 is 16.0 Å². The van der Waals surface area contributed by atoms with E-state index in [1.165, 1.54) is 16.4 Å². The van der Waals surface area contributed by atoms with Crippen molar-refractivity contribution in [3.05, 3.63) is 59.1 Å². The molecule has 6 nitrogen and oxygen atoms in total. The second kappa shape index (κ2) is 8.29. The number of nitrogens with zero attached hydrogens (tertiary/aromatic N) is 1. The number of piperidine rings is 1. The van der Waals surface area contributed by atoms with Gasteiger partial charge in [-0.3, -0.25) is 0 Å². The van der Waals surface area contributed by atoms with Crippen LogP contribution in [0.1, 0.15) is 24.3 Å². The topological polar surface area (TPSA) is 83.9 Å². The van der Waals surface area contributed by atoms with Crippen LogP contribution in [0, 0.1) is 0 Å². The van der Waals surface area contributed by atoms with Crippen molar-refractivity contribution in [2.45, 2.75) is 23.7 Å². The minimum atomic E-state index is -3.53. The molecule has 1 fully saturated rings. The third-order valence-corrected chi connectivity index (χ3v) is 6.76. The molecule has 1 saturated heterocycles. The lowest BCUT2D eigenvalue weighted by Crippen LogP contribution is -2.37. The highest BCUT2D eigenvalue weighted by atomic mass is 35.5. The molecule has 0 bridgehead atoms. The molecule has 0 saturated carbocycles. The first-order valence-corrected chi connectivity index (χ1v) is 10.4. The van der Waals surface area contributed by atoms with E-state index in [1.807, 2.05) is 18.2 Å². The van der Waals surface area contributed by atoms with Crippen LogP contribution in [-0.4, -0.2) is 43.5 Å². The Balaban J connectivity index is 1.66. The second-order valence-corrected chi connectivity index (χ2v) is 8.76. The Morgan fingerprint density at radius 2 is 1.81 bits per heavy atom. The molecule has 0 spiro atoms. The number of hydrogen-bond donors (Lipinski definition) is 1. The molecular weight excluding hydrogens is 390 g/mol. The molecule has 1 N–H and O–H groups in total. The van der Waals surface area contributed by atoms with Crippen LogP contribution in [0.4, 0.5) is 0 Å². The molecule has 2 aromatic carbocycles. The summed E-state index contributed by atoms with van der Waals surface area (Å²) in [5.41, 5.74) is 1.03. The highest BCUT2D eigenvalue weighted by Crippen LogP contribution is 2.32. The van der Waals surface area contributed by atoms with Gasteiger partial charge in [0.15, 0.2) is 6.61 Å². The van der Waals surface area contributed by atoms with Gasteiger partial charge in [0.2, 0.25) is 10.0 Å². The van der Waals surface area contributed by atoms with Crippen molar-refractivity contribution in [2.75, 3.05) is 19.7 Å². The average Bonchev–Trinajstić information content (AvgIpc) is 2.67. The van der Waals surface area contributed by atoms with Crippen LogP contribution in [0.5, 0.6) is 5.75 Å². The number of carboxylic acid groups (broad SMARTS) is 1. The predicted octanol–water partition coefficient (Wildman–Crippen LogP) is 3.37. The number of benzene rings is 2. The van der Waals surface area contributed by atoms with E-state index in [0.29, 0.717) is 36.7 Å². The van der Waals surface area contributed by atoms with Gasteiger partial charge in [0, 0.05) is 18.1 Å². The van der Waals surface area contributed by atoms with Crippen LogP contribution in [-0.2, 0) is 14.8 Å². The van der Waals surface area contributed by atoms with E-state index in [0.717, 1.165) is 5.56 Å². The van der Waals surface area contributed by atoms with Crippen molar-refractivity contribution in [1.29, 1.82) is 0 Å². The zero-order valence-electron chi connectivity index (χ0n) is 14.5. The Labute approximate surface area is 163 Å². The highest BCUT2D eigenvalue weighted by molar-refractivity contribution is 7.89. The van der Waals surface area contributed by atoms with Crippen molar-refractivity contribution in [1.82, 2.24) is 4.31 Å². The van der Waals surface area contributed by atoms with E-state index in [9.17, 15) is 13.2 Å². The molecule has 0 atom stereocenters. The summed E-state index contributed by atoms with van der Waals surface area (Å²) >= 11 is 5.84. The van der Waals surface area contributed by atoms with Crippen LogP contribution in [0.15, 0.2) is 53.4 Å². The van der Waals surface area contributed by atoms with Crippen molar-refractivity contribution in [3.63, 3.8) is 0 Å². The molecule has 2 aromatic rings. The van der Waals surface area contributed by atoms with Crippen LogP contribution >= 0.6 is 11.6 Å². The van der Waals surface area contributed by atoms with Gasteiger partial charge in [-0.05, 0) is 60.7 Å². The molecule has 1 aliphatic rings. The summed E-state index contributed by atoms with van der Waals surface area (Å²) in [4.78, 5) is 10.9. The molecule has 0 aromatic heterocycles. The van der Waals surface area contributed by atoms with Crippen molar-refractivity contribution in [3.8, 4) is 5.75 Å². The minimum absolute atomic E-state index is 0.204. The fourth-order valence-electron chi connectivity index (χ4n) is 3.19. The van der Waals surface area contributed by atoms with Gasteiger partial charge < -0.3 is 9.84 Å². The number of halogens is 1. The number of ether oxygens (including phenoxy) is 1. The maximum atomic E-state index is 12.8. The molecule has 27 heavy (non-hydrogen) atoms. The Hall–Kier alpha value is -2.09. The Bertz CT molecular complexity index is 906. The number of carbonyl (C=O) groups is 1. The average molecular weight is 410 g/mol. The number of rotatable bonds is 6. The van der Waals surface area contributed by atoms with Crippen LogP contribution < -0.4 is 4.74 Å². The van der Waals surface area contributed by atoms with Gasteiger partial charge in [-0.25, -0.2) is 13.2 Å². The van der Waals surface area contributed by atoms with Crippen molar-refractivity contribution in [2.24, 2.45) is 0 Å². The van der Waals surface area contributed by atoms with Crippen molar-refractivity contribution >= 4 is 27.6 Å². The summed E-state index contributed by atoms with van der Waals surface area (Å²) in [7, 11) is -3.53. The molecule has 0 radical (unpaired) electrons. The number of hydrogen-bond acceptors (Lipinski definition) is 4. The van der Waals surface area contributed by atoms with E-state index in [4.69, 9.17) is 21.4 Å². The standard InChI is InChI=1S/C19H20ClNO5S/c20-16-4-6-18(7-5-16)27(24,25)21-10-8-14(9-11-21)15-2-1-3-17(12-15)26-13-19(22)23/h1-7,12,14H,8-11,13H2,(H,22,23). The molecule has 0 amide bonds. The summed E-state index contributed by atoms with van der Waals surface area (Å²) in [5, 5.41) is 9.21. The fraction of sp³-hybridized carbons (Fsp3) is 0.316. The summed E-state index contributed by atoms with van der Waals surface area (Å²) in [6.45, 7) is 0.465. The van der Waals surface area contributed by atoms with E-state index in [-0.39, 0.29) is 17.4 Å². The maximum Gasteiger partial charge on any atom is 0.341 e. The quantitative estimate of drug-likeness (QED) is 0.790. The number of carboxylic acids is 1. The number of sulfonamides is 1. The zero-order chi connectivity index (χ0) is 19.4. The SMILES string of the molecule is O=C(O)COc1cccc(C2CCN(S(=O)(=O)c3ccc(Cl)cc3)CC2)c1. The van der Waals surface area contributed by atoms with Crippen LogP contribution in [0.2, 0.25) is 5.02 Å². The third-order valence-electron chi connectivity index (χ3n) is 4.60. The second-order valence-electron chi connectivity index (χ2n) is 6.39. The summed E-state index contributed by atoms with van der Waals surface area (Å²) in [5.74, 6) is -0.317. The van der Waals surface area contributed by atoms with Gasteiger partial charge in [0.1, 0.15) is 5.75 Å².